The number of rotatable bonds is 5. The van der Waals surface area contributed by atoms with Crippen LogP contribution >= 0.6 is 0 Å². The molecule has 0 aromatic heterocycles. The molecule has 0 fully saturated rings. The van der Waals surface area contributed by atoms with Crippen LogP contribution < -0.4 is 4.74 Å². The van der Waals surface area contributed by atoms with E-state index < -0.39 is 5.97 Å². The molecule has 1 aliphatic rings. The Balaban J connectivity index is 2.10. The van der Waals surface area contributed by atoms with Gasteiger partial charge in [-0.25, -0.2) is 0 Å². The van der Waals surface area contributed by atoms with Crippen LogP contribution in [0.4, 0.5) is 0 Å². The molecule has 124 valence electrons. The molecule has 24 heavy (non-hydrogen) atoms. The van der Waals surface area contributed by atoms with E-state index in [1.807, 2.05) is 30.3 Å². The second-order valence-corrected chi connectivity index (χ2v) is 5.75. The maximum Gasteiger partial charge on any atom is 0.307 e. The number of methoxy groups -OCH3 is 1. The molecule has 0 saturated heterocycles. The lowest BCUT2D eigenvalue weighted by Gasteiger charge is -2.12. The van der Waals surface area contributed by atoms with Crippen molar-refractivity contribution < 1.29 is 19.4 Å². The predicted molar refractivity (Wildman–Crippen MR) is 92.1 cm³/mol. The van der Waals surface area contributed by atoms with E-state index >= 15 is 0 Å². The molecule has 0 spiro atoms. The smallest absolute Gasteiger partial charge is 0.307 e. The number of ether oxygens (including phenoxy) is 2. The van der Waals surface area contributed by atoms with Gasteiger partial charge in [0.25, 0.3) is 0 Å². The average Bonchev–Trinajstić information content (AvgIpc) is 2.72. The Morgan fingerprint density at radius 3 is 2.88 bits per heavy atom. The maximum absolute atomic E-state index is 11.0. The summed E-state index contributed by atoms with van der Waals surface area (Å²) in [5.41, 5.74) is 5.02. The number of hydrogen-bond donors (Lipinski definition) is 1. The van der Waals surface area contributed by atoms with Crippen LogP contribution in [0, 0.1) is 0 Å². The van der Waals surface area contributed by atoms with E-state index in [1.165, 1.54) is 0 Å². The van der Waals surface area contributed by atoms with Gasteiger partial charge in [-0.1, -0.05) is 36.4 Å². The van der Waals surface area contributed by atoms with Crippen molar-refractivity contribution in [3.8, 4) is 5.75 Å². The molecule has 3 rings (SSSR count). The van der Waals surface area contributed by atoms with Crippen LogP contribution in [0.1, 0.15) is 28.7 Å². The minimum atomic E-state index is -0.838. The SMILES string of the molecule is COCC/C=C1/c2ccccc2COc2ccc(CC(=O)O)cc21. The first kappa shape index (κ1) is 16.3. The van der Waals surface area contributed by atoms with E-state index in [0.717, 1.165) is 40.0 Å². The highest BCUT2D eigenvalue weighted by Gasteiger charge is 2.19. The standard InChI is InChI=1S/C20H20O4/c1-23-10-4-7-17-16-6-3-2-5-15(16)13-24-19-9-8-14(11-18(17)19)12-20(21)22/h2-3,5-9,11H,4,10,12-13H2,1H3,(H,21,22)/b17-7-. The monoisotopic (exact) mass is 324 g/mol. The summed E-state index contributed by atoms with van der Waals surface area (Å²) < 4.78 is 11.1. The third kappa shape index (κ3) is 3.49. The van der Waals surface area contributed by atoms with Crippen LogP contribution in [0.5, 0.6) is 5.75 Å². The fourth-order valence-corrected chi connectivity index (χ4v) is 2.95. The minimum absolute atomic E-state index is 0.000276. The Morgan fingerprint density at radius 1 is 1.25 bits per heavy atom. The van der Waals surface area contributed by atoms with Crippen LogP contribution in [-0.2, 0) is 22.6 Å². The Morgan fingerprint density at radius 2 is 2.08 bits per heavy atom. The highest BCUT2D eigenvalue weighted by atomic mass is 16.5. The van der Waals surface area contributed by atoms with Gasteiger partial charge in [0.15, 0.2) is 0 Å². The summed E-state index contributed by atoms with van der Waals surface area (Å²) in [6.07, 6.45) is 2.92. The summed E-state index contributed by atoms with van der Waals surface area (Å²) in [4.78, 5) is 11.0. The van der Waals surface area contributed by atoms with E-state index in [9.17, 15) is 4.79 Å². The molecule has 0 unspecified atom stereocenters. The normalized spacial score (nSPS) is 14.5. The van der Waals surface area contributed by atoms with E-state index in [-0.39, 0.29) is 6.42 Å². The van der Waals surface area contributed by atoms with Crippen molar-refractivity contribution in [1.82, 2.24) is 0 Å². The van der Waals surface area contributed by atoms with Crippen molar-refractivity contribution in [1.29, 1.82) is 0 Å². The summed E-state index contributed by atoms with van der Waals surface area (Å²) in [7, 11) is 1.68. The fraction of sp³-hybridized carbons (Fsp3) is 0.250. The Kier molecular flexibility index (Phi) is 4.96. The molecular formula is C20H20O4. The second kappa shape index (κ2) is 7.32. The van der Waals surface area contributed by atoms with Crippen LogP contribution in [0.25, 0.3) is 5.57 Å². The Hall–Kier alpha value is -2.59. The number of benzene rings is 2. The number of fused-ring (bicyclic) bond motifs is 2. The van der Waals surface area contributed by atoms with Crippen LogP contribution in [0.2, 0.25) is 0 Å². The third-order valence-electron chi connectivity index (χ3n) is 4.05. The topological polar surface area (TPSA) is 55.8 Å². The molecule has 2 aromatic carbocycles. The van der Waals surface area contributed by atoms with Gasteiger partial charge in [-0.15, -0.1) is 0 Å². The molecule has 1 N–H and O–H groups in total. The van der Waals surface area contributed by atoms with Crippen molar-refractivity contribution in [2.24, 2.45) is 0 Å². The van der Waals surface area contributed by atoms with Crippen molar-refractivity contribution in [3.63, 3.8) is 0 Å². The van der Waals surface area contributed by atoms with E-state index in [1.54, 1.807) is 7.11 Å². The van der Waals surface area contributed by atoms with Crippen LogP contribution in [-0.4, -0.2) is 24.8 Å². The van der Waals surface area contributed by atoms with Crippen molar-refractivity contribution >= 4 is 11.5 Å². The number of carbonyl (C=O) groups is 1. The molecule has 0 bridgehead atoms. The molecule has 4 heteroatoms. The highest BCUT2D eigenvalue weighted by Crippen LogP contribution is 2.37. The van der Waals surface area contributed by atoms with Gasteiger partial charge >= 0.3 is 5.97 Å². The lowest BCUT2D eigenvalue weighted by Crippen LogP contribution is -2.01. The number of aliphatic carboxylic acids is 1. The van der Waals surface area contributed by atoms with Gasteiger partial charge in [-0.05, 0) is 40.8 Å². The molecule has 0 amide bonds. The molecule has 0 atom stereocenters. The first-order valence-corrected chi connectivity index (χ1v) is 7.94. The molecule has 1 aliphatic heterocycles. The van der Waals surface area contributed by atoms with Crippen molar-refractivity contribution in [2.75, 3.05) is 13.7 Å². The fourth-order valence-electron chi connectivity index (χ4n) is 2.95. The second-order valence-electron chi connectivity index (χ2n) is 5.75. The zero-order chi connectivity index (χ0) is 16.9. The summed E-state index contributed by atoms with van der Waals surface area (Å²) >= 11 is 0. The summed E-state index contributed by atoms with van der Waals surface area (Å²) in [6, 6.07) is 13.7. The number of carboxylic acids is 1. The molecule has 1 heterocycles. The zero-order valence-corrected chi connectivity index (χ0v) is 13.6. The summed E-state index contributed by atoms with van der Waals surface area (Å²) in [5, 5.41) is 9.06. The Labute approximate surface area is 141 Å². The molecule has 0 aliphatic carbocycles. The molecule has 2 aromatic rings. The van der Waals surface area contributed by atoms with Gasteiger partial charge in [0, 0.05) is 19.3 Å². The molecular weight excluding hydrogens is 304 g/mol. The van der Waals surface area contributed by atoms with Gasteiger partial charge in [-0.3, -0.25) is 4.79 Å². The van der Waals surface area contributed by atoms with Crippen molar-refractivity contribution in [2.45, 2.75) is 19.4 Å². The van der Waals surface area contributed by atoms with Gasteiger partial charge in [0.05, 0.1) is 6.42 Å². The van der Waals surface area contributed by atoms with E-state index in [0.29, 0.717) is 13.2 Å². The van der Waals surface area contributed by atoms with E-state index in [4.69, 9.17) is 14.6 Å². The molecule has 0 saturated carbocycles. The molecule has 4 nitrogen and oxygen atoms in total. The van der Waals surface area contributed by atoms with Crippen LogP contribution in [0.15, 0.2) is 48.5 Å². The van der Waals surface area contributed by atoms with Gasteiger partial charge < -0.3 is 14.6 Å². The van der Waals surface area contributed by atoms with E-state index in [2.05, 4.69) is 18.2 Å². The highest BCUT2D eigenvalue weighted by molar-refractivity contribution is 5.85. The van der Waals surface area contributed by atoms with Gasteiger partial charge in [0.2, 0.25) is 0 Å². The number of carboxylic acid groups (broad SMARTS) is 1. The minimum Gasteiger partial charge on any atom is -0.488 e. The molecule has 0 radical (unpaired) electrons. The lowest BCUT2D eigenvalue weighted by atomic mass is 9.92. The maximum atomic E-state index is 11.0. The third-order valence-corrected chi connectivity index (χ3v) is 4.05. The van der Waals surface area contributed by atoms with Gasteiger partial charge in [0.1, 0.15) is 12.4 Å². The van der Waals surface area contributed by atoms with Gasteiger partial charge in [-0.2, -0.15) is 0 Å². The van der Waals surface area contributed by atoms with Crippen molar-refractivity contribution in [3.05, 3.63) is 70.8 Å². The summed E-state index contributed by atoms with van der Waals surface area (Å²) in [6.45, 7) is 1.14. The average molecular weight is 324 g/mol. The summed E-state index contributed by atoms with van der Waals surface area (Å²) in [5.74, 6) is -0.0567. The number of hydrogen-bond acceptors (Lipinski definition) is 3. The van der Waals surface area contributed by atoms with Crippen LogP contribution in [0.3, 0.4) is 0 Å². The first-order chi connectivity index (χ1) is 11.7. The largest absolute Gasteiger partial charge is 0.488 e. The lowest BCUT2D eigenvalue weighted by molar-refractivity contribution is -0.136. The zero-order valence-electron chi connectivity index (χ0n) is 13.6. The quantitative estimate of drug-likeness (QED) is 0.853. The predicted octanol–water partition coefficient (Wildman–Crippen LogP) is 3.67. The first-order valence-electron chi connectivity index (χ1n) is 7.94. The Bertz CT molecular complexity index is 777.